The van der Waals surface area contributed by atoms with Crippen molar-refractivity contribution in [1.82, 2.24) is 0 Å². The minimum Gasteiger partial charge on any atom is -0.499 e. The Hall–Kier alpha value is -0.740. The molecule has 1 heterocycles. The minimum atomic E-state index is -1.50. The first-order chi connectivity index (χ1) is 17.0. The molecule has 5 N–H and O–H groups in total. The average molecular weight is 505 g/mol. The summed E-state index contributed by atoms with van der Waals surface area (Å²) in [7, 11) is 0. The van der Waals surface area contributed by atoms with Gasteiger partial charge in [0, 0.05) is 0 Å². The highest BCUT2D eigenvalue weighted by Crippen LogP contribution is 2.22. The quantitative estimate of drug-likeness (QED) is 0.112. The molecule has 1 saturated heterocycles. The second kappa shape index (κ2) is 21.4. The van der Waals surface area contributed by atoms with Gasteiger partial charge in [-0.2, -0.15) is 0 Å². The van der Waals surface area contributed by atoms with Crippen LogP contribution in [0.2, 0.25) is 0 Å². The van der Waals surface area contributed by atoms with E-state index >= 15 is 0 Å². The van der Waals surface area contributed by atoms with Crippen molar-refractivity contribution in [2.24, 2.45) is 0 Å². The van der Waals surface area contributed by atoms with Crippen LogP contribution in [-0.2, 0) is 14.2 Å². The maximum atomic E-state index is 9.96. The van der Waals surface area contributed by atoms with Gasteiger partial charge in [-0.05, 0) is 18.9 Å². The predicted molar refractivity (Wildman–Crippen MR) is 136 cm³/mol. The van der Waals surface area contributed by atoms with E-state index in [1.807, 2.05) is 6.08 Å². The molecule has 1 rings (SSSR count). The van der Waals surface area contributed by atoms with Gasteiger partial charge >= 0.3 is 0 Å². The van der Waals surface area contributed by atoms with Crippen LogP contribution < -0.4 is 0 Å². The van der Waals surface area contributed by atoms with Crippen molar-refractivity contribution in [1.29, 1.82) is 0 Å². The largest absolute Gasteiger partial charge is 0.499 e. The fourth-order valence-electron chi connectivity index (χ4n) is 4.22. The lowest BCUT2D eigenvalue weighted by Gasteiger charge is -2.39. The van der Waals surface area contributed by atoms with Gasteiger partial charge in [-0.25, -0.2) is 0 Å². The molecule has 1 fully saturated rings. The van der Waals surface area contributed by atoms with Gasteiger partial charge in [0.25, 0.3) is 0 Å². The number of hydrogen-bond acceptors (Lipinski definition) is 8. The maximum Gasteiger partial charge on any atom is 0.186 e. The molecule has 0 bridgehead atoms. The topological polar surface area (TPSA) is 129 Å². The van der Waals surface area contributed by atoms with Gasteiger partial charge < -0.3 is 39.7 Å². The fourth-order valence-corrected chi connectivity index (χ4v) is 4.22. The second-order valence-corrected chi connectivity index (χ2v) is 9.77. The van der Waals surface area contributed by atoms with E-state index in [1.165, 1.54) is 83.5 Å². The van der Waals surface area contributed by atoms with E-state index in [0.717, 1.165) is 12.8 Å². The van der Waals surface area contributed by atoms with Crippen LogP contribution >= 0.6 is 0 Å². The lowest BCUT2D eigenvalue weighted by Crippen LogP contribution is -2.59. The number of unbranched alkanes of at least 4 members (excludes halogenated alkanes) is 14. The van der Waals surface area contributed by atoms with Crippen molar-refractivity contribution in [3.63, 3.8) is 0 Å². The average Bonchev–Trinajstić information content (AvgIpc) is 2.86. The third kappa shape index (κ3) is 15.2. The summed E-state index contributed by atoms with van der Waals surface area (Å²) in [6.07, 6.45) is 15.6. The van der Waals surface area contributed by atoms with Crippen molar-refractivity contribution in [3.8, 4) is 0 Å². The molecular formula is C27H52O8. The zero-order valence-electron chi connectivity index (χ0n) is 21.8. The summed E-state index contributed by atoms with van der Waals surface area (Å²) in [5, 5.41) is 48.5. The van der Waals surface area contributed by atoms with E-state index < -0.39 is 43.4 Å². The van der Waals surface area contributed by atoms with Crippen LogP contribution in [0.3, 0.4) is 0 Å². The van der Waals surface area contributed by atoms with Gasteiger partial charge in [0.1, 0.15) is 37.1 Å². The number of allylic oxidation sites excluding steroid dienone is 1. The molecule has 8 heteroatoms. The Kier molecular flexibility index (Phi) is 19.7. The first-order valence-electron chi connectivity index (χ1n) is 13.9. The highest BCUT2D eigenvalue weighted by atomic mass is 16.7. The molecule has 0 aromatic heterocycles. The summed E-state index contributed by atoms with van der Waals surface area (Å²) in [5.74, 6) is 0. The zero-order chi connectivity index (χ0) is 25.7. The highest BCUT2D eigenvalue weighted by Gasteiger charge is 2.44. The van der Waals surface area contributed by atoms with Crippen LogP contribution in [0.25, 0.3) is 0 Å². The van der Waals surface area contributed by atoms with Crippen LogP contribution in [0.4, 0.5) is 0 Å². The number of rotatable bonds is 22. The maximum absolute atomic E-state index is 9.96. The molecule has 0 aliphatic carbocycles. The Labute approximate surface area is 212 Å². The molecule has 0 aromatic carbocycles. The summed E-state index contributed by atoms with van der Waals surface area (Å²) in [6.45, 7) is 1.57. The molecule has 0 amide bonds. The van der Waals surface area contributed by atoms with Crippen molar-refractivity contribution < 1.29 is 39.7 Å². The van der Waals surface area contributed by atoms with E-state index in [2.05, 4.69) is 6.92 Å². The highest BCUT2D eigenvalue weighted by molar-refractivity contribution is 4.89. The van der Waals surface area contributed by atoms with E-state index in [0.29, 0.717) is 0 Å². The molecule has 35 heavy (non-hydrogen) atoms. The molecule has 1 aliphatic heterocycles. The number of aliphatic hydroxyl groups is 5. The first kappa shape index (κ1) is 32.3. The monoisotopic (exact) mass is 504 g/mol. The summed E-state index contributed by atoms with van der Waals surface area (Å²) < 4.78 is 15.8. The molecule has 1 unspecified atom stereocenters. The number of hydrogen-bond donors (Lipinski definition) is 5. The summed E-state index contributed by atoms with van der Waals surface area (Å²) in [5.41, 5.74) is 0. The normalized spacial score (nSPS) is 25.8. The zero-order valence-corrected chi connectivity index (χ0v) is 21.8. The Morgan fingerprint density at radius 2 is 1.29 bits per heavy atom. The Morgan fingerprint density at radius 3 is 1.83 bits per heavy atom. The van der Waals surface area contributed by atoms with E-state index in [4.69, 9.17) is 14.2 Å². The molecular weight excluding hydrogens is 452 g/mol. The lowest BCUT2D eigenvalue weighted by atomic mass is 9.99. The van der Waals surface area contributed by atoms with Crippen LogP contribution in [0.1, 0.15) is 103 Å². The third-order valence-electron chi connectivity index (χ3n) is 6.51. The van der Waals surface area contributed by atoms with Crippen molar-refractivity contribution in [2.45, 2.75) is 140 Å². The molecule has 1 aliphatic rings. The van der Waals surface area contributed by atoms with Gasteiger partial charge in [0.15, 0.2) is 6.29 Å². The van der Waals surface area contributed by atoms with Crippen LogP contribution in [0, 0.1) is 0 Å². The molecule has 0 spiro atoms. The summed E-state index contributed by atoms with van der Waals surface area (Å²) in [4.78, 5) is 0. The van der Waals surface area contributed by atoms with Crippen LogP contribution in [0.15, 0.2) is 12.3 Å². The fraction of sp³-hybridized carbons (Fsp3) is 0.926. The first-order valence-corrected chi connectivity index (χ1v) is 13.9. The Bertz CT molecular complexity index is 502. The van der Waals surface area contributed by atoms with Crippen molar-refractivity contribution >= 4 is 0 Å². The predicted octanol–water partition coefficient (Wildman–Crippen LogP) is 3.57. The Balaban J connectivity index is 1.91. The SMILES string of the molecule is CCCCCCCCCCCCCCCCC=COCC(O)CO[C@@H]1O[C@H](CO)[C@H](O)[C@H](O)[C@H]1O. The second-order valence-electron chi connectivity index (χ2n) is 9.77. The standard InChI is InChI=1S/C27H52O8/c1-2-3-4-5-6-7-8-9-10-11-12-13-14-15-16-17-18-33-20-22(29)21-34-27-26(32)25(31)24(30)23(19-28)35-27/h17-18,22-32H,2-16,19-21H2,1H3/t22?,23-,24+,25+,26-,27-/m1/s1. The molecule has 6 atom stereocenters. The molecule has 0 radical (unpaired) electrons. The van der Waals surface area contributed by atoms with Crippen LogP contribution in [0.5, 0.6) is 0 Å². The minimum absolute atomic E-state index is 0.0205. The molecule has 8 nitrogen and oxygen atoms in total. The molecule has 208 valence electrons. The van der Waals surface area contributed by atoms with E-state index in [9.17, 15) is 25.5 Å². The van der Waals surface area contributed by atoms with Crippen LogP contribution in [-0.4, -0.2) is 82.2 Å². The van der Waals surface area contributed by atoms with E-state index in [1.54, 1.807) is 6.26 Å². The van der Waals surface area contributed by atoms with Gasteiger partial charge in [-0.15, -0.1) is 0 Å². The third-order valence-corrected chi connectivity index (χ3v) is 6.51. The van der Waals surface area contributed by atoms with Gasteiger partial charge in [-0.3, -0.25) is 0 Å². The number of ether oxygens (including phenoxy) is 3. The molecule has 0 aromatic rings. The molecule has 0 saturated carbocycles. The van der Waals surface area contributed by atoms with Gasteiger partial charge in [0.05, 0.1) is 19.5 Å². The van der Waals surface area contributed by atoms with Crippen molar-refractivity contribution in [2.75, 3.05) is 19.8 Å². The summed E-state index contributed by atoms with van der Waals surface area (Å²) in [6, 6.07) is 0. The van der Waals surface area contributed by atoms with Gasteiger partial charge in [0.2, 0.25) is 0 Å². The Morgan fingerprint density at radius 1 is 0.743 bits per heavy atom. The van der Waals surface area contributed by atoms with Crippen molar-refractivity contribution in [3.05, 3.63) is 12.3 Å². The van der Waals surface area contributed by atoms with Gasteiger partial charge in [-0.1, -0.05) is 90.4 Å². The lowest BCUT2D eigenvalue weighted by molar-refractivity contribution is -0.304. The van der Waals surface area contributed by atoms with E-state index in [-0.39, 0.29) is 13.2 Å². The number of aliphatic hydroxyl groups excluding tert-OH is 5. The smallest absolute Gasteiger partial charge is 0.186 e. The summed E-state index contributed by atoms with van der Waals surface area (Å²) >= 11 is 0.